The number of carboxylic acid groups (broad SMARTS) is 1. The predicted octanol–water partition coefficient (Wildman–Crippen LogP) is 3.51. The van der Waals surface area contributed by atoms with Crippen LogP contribution in [0.3, 0.4) is 0 Å². The standard InChI is InChI=1S/C20H23NO3/c1-14-7-6-8-16(13-14)11-12-18(22)21-19(15(2)20(23)24)17-9-4-3-5-10-17/h3-10,13,15,19H,11-12H2,1-2H3,(H,21,22)(H,23,24). The molecule has 0 bridgehead atoms. The summed E-state index contributed by atoms with van der Waals surface area (Å²) in [5.74, 6) is -1.77. The molecule has 0 saturated carbocycles. The second-order valence-electron chi connectivity index (χ2n) is 6.07. The zero-order valence-electron chi connectivity index (χ0n) is 14.0. The van der Waals surface area contributed by atoms with E-state index < -0.39 is 17.9 Å². The van der Waals surface area contributed by atoms with E-state index in [0.29, 0.717) is 12.8 Å². The van der Waals surface area contributed by atoms with Gasteiger partial charge in [-0.05, 0) is 31.4 Å². The van der Waals surface area contributed by atoms with Crippen molar-refractivity contribution in [2.24, 2.45) is 5.92 Å². The van der Waals surface area contributed by atoms with Crippen molar-refractivity contribution in [2.75, 3.05) is 0 Å². The van der Waals surface area contributed by atoms with Crippen molar-refractivity contribution in [1.29, 1.82) is 0 Å². The third-order valence-electron chi connectivity index (χ3n) is 4.09. The van der Waals surface area contributed by atoms with Crippen molar-refractivity contribution in [3.05, 3.63) is 71.3 Å². The quantitative estimate of drug-likeness (QED) is 0.819. The number of carboxylic acids is 1. The Morgan fingerprint density at radius 2 is 1.79 bits per heavy atom. The van der Waals surface area contributed by atoms with Crippen molar-refractivity contribution in [2.45, 2.75) is 32.7 Å². The molecule has 2 rings (SSSR count). The van der Waals surface area contributed by atoms with Gasteiger partial charge in [0.1, 0.15) is 0 Å². The molecule has 0 fully saturated rings. The molecule has 0 radical (unpaired) electrons. The van der Waals surface area contributed by atoms with Gasteiger partial charge in [-0.25, -0.2) is 0 Å². The molecule has 2 N–H and O–H groups in total. The van der Waals surface area contributed by atoms with E-state index >= 15 is 0 Å². The van der Waals surface area contributed by atoms with Gasteiger partial charge in [-0.15, -0.1) is 0 Å². The minimum atomic E-state index is -0.928. The first-order valence-corrected chi connectivity index (χ1v) is 8.10. The van der Waals surface area contributed by atoms with Gasteiger partial charge in [-0.2, -0.15) is 0 Å². The average Bonchev–Trinajstić information content (AvgIpc) is 2.58. The molecule has 24 heavy (non-hydrogen) atoms. The fourth-order valence-corrected chi connectivity index (χ4v) is 2.67. The molecule has 0 heterocycles. The first-order valence-electron chi connectivity index (χ1n) is 8.10. The van der Waals surface area contributed by atoms with E-state index in [4.69, 9.17) is 0 Å². The van der Waals surface area contributed by atoms with Crippen LogP contribution < -0.4 is 5.32 Å². The smallest absolute Gasteiger partial charge is 0.308 e. The highest BCUT2D eigenvalue weighted by molar-refractivity contribution is 5.78. The summed E-state index contributed by atoms with van der Waals surface area (Å²) in [7, 11) is 0. The second-order valence-corrected chi connectivity index (χ2v) is 6.07. The lowest BCUT2D eigenvalue weighted by molar-refractivity contribution is -0.142. The number of hydrogen-bond donors (Lipinski definition) is 2. The maximum absolute atomic E-state index is 12.3. The van der Waals surface area contributed by atoms with Crippen LogP contribution in [0, 0.1) is 12.8 Å². The van der Waals surface area contributed by atoms with E-state index in [2.05, 4.69) is 11.4 Å². The van der Waals surface area contributed by atoms with E-state index in [0.717, 1.165) is 16.7 Å². The van der Waals surface area contributed by atoms with Gasteiger partial charge in [-0.1, -0.05) is 60.2 Å². The lowest BCUT2D eigenvalue weighted by atomic mass is 9.94. The van der Waals surface area contributed by atoms with Gasteiger partial charge >= 0.3 is 5.97 Å². The molecule has 0 aliphatic carbocycles. The number of rotatable bonds is 7. The Labute approximate surface area is 142 Å². The van der Waals surface area contributed by atoms with E-state index in [1.165, 1.54) is 0 Å². The van der Waals surface area contributed by atoms with Crippen molar-refractivity contribution in [1.82, 2.24) is 5.32 Å². The SMILES string of the molecule is Cc1cccc(CCC(=O)NC(c2ccccc2)C(C)C(=O)O)c1. The third kappa shape index (κ3) is 4.95. The van der Waals surface area contributed by atoms with Crippen LogP contribution in [0.4, 0.5) is 0 Å². The van der Waals surface area contributed by atoms with Gasteiger partial charge in [0.15, 0.2) is 0 Å². The largest absolute Gasteiger partial charge is 0.481 e. The van der Waals surface area contributed by atoms with E-state index in [1.54, 1.807) is 6.92 Å². The van der Waals surface area contributed by atoms with Gasteiger partial charge in [0.2, 0.25) is 5.91 Å². The number of hydrogen-bond acceptors (Lipinski definition) is 2. The normalized spacial score (nSPS) is 13.1. The molecular formula is C20H23NO3. The zero-order chi connectivity index (χ0) is 17.5. The first-order chi connectivity index (χ1) is 11.5. The van der Waals surface area contributed by atoms with Crippen LogP contribution in [0.1, 0.15) is 36.1 Å². The Bertz CT molecular complexity index is 697. The average molecular weight is 325 g/mol. The van der Waals surface area contributed by atoms with Crippen molar-refractivity contribution >= 4 is 11.9 Å². The summed E-state index contributed by atoms with van der Waals surface area (Å²) in [6.07, 6.45) is 0.968. The molecule has 0 aliphatic rings. The molecule has 2 unspecified atom stereocenters. The third-order valence-corrected chi connectivity index (χ3v) is 4.09. The number of carbonyl (C=O) groups excluding carboxylic acids is 1. The van der Waals surface area contributed by atoms with Crippen LogP contribution >= 0.6 is 0 Å². The second kappa shape index (κ2) is 8.29. The van der Waals surface area contributed by atoms with Gasteiger partial charge in [0.25, 0.3) is 0 Å². The van der Waals surface area contributed by atoms with Crippen molar-refractivity contribution in [3.63, 3.8) is 0 Å². The molecule has 0 aromatic heterocycles. The lowest BCUT2D eigenvalue weighted by Gasteiger charge is -2.23. The Kier molecular flexibility index (Phi) is 6.13. The summed E-state index contributed by atoms with van der Waals surface area (Å²) in [5.41, 5.74) is 3.07. The van der Waals surface area contributed by atoms with Gasteiger partial charge in [0, 0.05) is 6.42 Å². The predicted molar refractivity (Wildman–Crippen MR) is 93.6 cm³/mol. The molecule has 0 aliphatic heterocycles. The highest BCUT2D eigenvalue weighted by Crippen LogP contribution is 2.22. The monoisotopic (exact) mass is 325 g/mol. The van der Waals surface area contributed by atoms with Crippen molar-refractivity contribution in [3.8, 4) is 0 Å². The molecule has 2 atom stereocenters. The summed E-state index contributed by atoms with van der Waals surface area (Å²) in [4.78, 5) is 23.7. The number of nitrogens with one attached hydrogen (secondary N) is 1. The molecule has 0 saturated heterocycles. The number of benzene rings is 2. The topological polar surface area (TPSA) is 66.4 Å². The molecular weight excluding hydrogens is 302 g/mol. The molecule has 1 amide bonds. The van der Waals surface area contributed by atoms with Crippen LogP contribution in [0.2, 0.25) is 0 Å². The molecule has 126 valence electrons. The molecule has 4 heteroatoms. The number of aliphatic carboxylic acids is 1. The fourth-order valence-electron chi connectivity index (χ4n) is 2.67. The summed E-state index contributed by atoms with van der Waals surface area (Å²) < 4.78 is 0. The number of amides is 1. The van der Waals surface area contributed by atoms with Crippen molar-refractivity contribution < 1.29 is 14.7 Å². The van der Waals surface area contributed by atoms with E-state index in [-0.39, 0.29) is 5.91 Å². The van der Waals surface area contributed by atoms with Crippen LogP contribution in [0.5, 0.6) is 0 Å². The number of aryl methyl sites for hydroxylation is 2. The Hall–Kier alpha value is -2.62. The molecule has 2 aromatic carbocycles. The lowest BCUT2D eigenvalue weighted by Crippen LogP contribution is -2.35. The molecule has 2 aromatic rings. The maximum Gasteiger partial charge on any atom is 0.308 e. The van der Waals surface area contributed by atoms with Gasteiger partial charge in [0.05, 0.1) is 12.0 Å². The fraction of sp³-hybridized carbons (Fsp3) is 0.300. The van der Waals surface area contributed by atoms with E-state index in [1.807, 2.05) is 55.5 Å². The summed E-state index contributed by atoms with van der Waals surface area (Å²) in [5, 5.41) is 12.2. The summed E-state index contributed by atoms with van der Waals surface area (Å²) >= 11 is 0. The van der Waals surface area contributed by atoms with Crippen LogP contribution in [0.15, 0.2) is 54.6 Å². The zero-order valence-corrected chi connectivity index (χ0v) is 14.0. The Balaban J connectivity index is 2.03. The Morgan fingerprint density at radius 3 is 2.42 bits per heavy atom. The minimum absolute atomic E-state index is 0.140. The minimum Gasteiger partial charge on any atom is -0.481 e. The highest BCUT2D eigenvalue weighted by atomic mass is 16.4. The number of carbonyl (C=O) groups is 2. The van der Waals surface area contributed by atoms with Gasteiger partial charge < -0.3 is 10.4 Å². The first kappa shape index (κ1) is 17.7. The summed E-state index contributed by atoms with van der Waals surface area (Å²) in [6, 6.07) is 16.7. The molecule has 4 nitrogen and oxygen atoms in total. The summed E-state index contributed by atoms with van der Waals surface area (Å²) in [6.45, 7) is 3.63. The van der Waals surface area contributed by atoms with Crippen LogP contribution in [0.25, 0.3) is 0 Å². The Morgan fingerprint density at radius 1 is 1.08 bits per heavy atom. The molecule has 0 spiro atoms. The maximum atomic E-state index is 12.3. The van der Waals surface area contributed by atoms with E-state index in [9.17, 15) is 14.7 Å². The van der Waals surface area contributed by atoms with Crippen LogP contribution in [-0.4, -0.2) is 17.0 Å². The van der Waals surface area contributed by atoms with Gasteiger partial charge in [-0.3, -0.25) is 9.59 Å². The van der Waals surface area contributed by atoms with Crippen LogP contribution in [-0.2, 0) is 16.0 Å². The highest BCUT2D eigenvalue weighted by Gasteiger charge is 2.26.